The van der Waals surface area contributed by atoms with Crippen LogP contribution in [0.25, 0.3) is 0 Å². The van der Waals surface area contributed by atoms with E-state index in [4.69, 9.17) is 0 Å². The molecule has 0 fully saturated rings. The zero-order valence-electron chi connectivity index (χ0n) is 11.0. The number of hydrogen-bond acceptors (Lipinski definition) is 2. The van der Waals surface area contributed by atoms with Crippen molar-refractivity contribution in [3.8, 4) is 0 Å². The van der Waals surface area contributed by atoms with Crippen LogP contribution in [0.1, 0.15) is 37.5 Å². The van der Waals surface area contributed by atoms with Crippen LogP contribution in [0.3, 0.4) is 0 Å². The van der Waals surface area contributed by atoms with Gasteiger partial charge in [0.1, 0.15) is 0 Å². The van der Waals surface area contributed by atoms with Gasteiger partial charge >= 0.3 is 0 Å². The quantitative estimate of drug-likeness (QED) is 0.819. The topological polar surface area (TPSA) is 32.3 Å². The summed E-state index contributed by atoms with van der Waals surface area (Å²) in [6.45, 7) is 10.5. The molecule has 0 radical (unpaired) electrons. The van der Waals surface area contributed by atoms with Crippen LogP contribution in [0, 0.1) is 13.8 Å². The first-order valence-electron chi connectivity index (χ1n) is 5.85. The minimum absolute atomic E-state index is 0.106. The van der Waals surface area contributed by atoms with E-state index in [0.29, 0.717) is 6.04 Å². The fraction of sp³-hybridized carbons (Fsp3) is 0.571. The van der Waals surface area contributed by atoms with Gasteiger partial charge < -0.3 is 10.4 Å². The van der Waals surface area contributed by atoms with E-state index in [9.17, 15) is 5.11 Å². The average Bonchev–Trinajstić information content (AvgIpc) is 2.16. The second-order valence-corrected chi connectivity index (χ2v) is 5.11. The summed E-state index contributed by atoms with van der Waals surface area (Å²) in [7, 11) is 0. The van der Waals surface area contributed by atoms with Crippen LogP contribution in [0.2, 0.25) is 0 Å². The van der Waals surface area contributed by atoms with E-state index in [-0.39, 0.29) is 12.1 Å². The van der Waals surface area contributed by atoms with Crippen LogP contribution in [-0.4, -0.2) is 17.8 Å². The molecule has 2 nitrogen and oxygen atoms in total. The van der Waals surface area contributed by atoms with Crippen LogP contribution >= 0.6 is 0 Å². The van der Waals surface area contributed by atoms with E-state index in [0.717, 1.165) is 0 Å². The molecule has 1 rings (SSSR count). The maximum absolute atomic E-state index is 9.62. The van der Waals surface area contributed by atoms with Gasteiger partial charge in [0.05, 0.1) is 12.1 Å². The molecule has 2 heteroatoms. The maximum atomic E-state index is 9.62. The summed E-state index contributed by atoms with van der Waals surface area (Å²) < 4.78 is 0. The second-order valence-electron chi connectivity index (χ2n) is 5.11. The Hall–Kier alpha value is -0.860. The number of benzene rings is 1. The molecule has 1 aromatic carbocycles. The number of rotatable bonds is 4. The number of aryl methyl sites for hydroxylation is 2. The Bertz CT molecular complexity index is 360. The molecule has 0 aliphatic heterocycles. The predicted molar refractivity (Wildman–Crippen MR) is 68.6 cm³/mol. The molecule has 90 valence electrons. The SMILES string of the molecule is Cc1ccc(C(C)(CO)NC(C)C)c(C)c1. The highest BCUT2D eigenvalue weighted by Crippen LogP contribution is 2.25. The summed E-state index contributed by atoms with van der Waals surface area (Å²) >= 11 is 0. The van der Waals surface area contributed by atoms with Crippen molar-refractivity contribution in [3.05, 3.63) is 34.9 Å². The lowest BCUT2D eigenvalue weighted by Gasteiger charge is -2.33. The minimum Gasteiger partial charge on any atom is -0.394 e. The average molecular weight is 221 g/mol. The number of aliphatic hydroxyl groups is 1. The Morgan fingerprint density at radius 3 is 2.38 bits per heavy atom. The molecule has 0 aliphatic carbocycles. The lowest BCUT2D eigenvalue weighted by molar-refractivity contribution is 0.165. The maximum Gasteiger partial charge on any atom is 0.0652 e. The molecule has 16 heavy (non-hydrogen) atoms. The second kappa shape index (κ2) is 4.98. The predicted octanol–water partition coefficient (Wildman–Crippen LogP) is 2.51. The van der Waals surface area contributed by atoms with Gasteiger partial charge in [-0.2, -0.15) is 0 Å². The Morgan fingerprint density at radius 1 is 1.31 bits per heavy atom. The van der Waals surface area contributed by atoms with Crippen molar-refractivity contribution in [2.75, 3.05) is 6.61 Å². The summed E-state index contributed by atoms with van der Waals surface area (Å²) in [6.07, 6.45) is 0. The van der Waals surface area contributed by atoms with Gasteiger partial charge in [0.15, 0.2) is 0 Å². The highest BCUT2D eigenvalue weighted by Gasteiger charge is 2.27. The van der Waals surface area contributed by atoms with Gasteiger partial charge in [-0.15, -0.1) is 0 Å². The number of nitrogens with one attached hydrogen (secondary N) is 1. The van der Waals surface area contributed by atoms with Gasteiger partial charge in [-0.05, 0) is 45.7 Å². The Kier molecular flexibility index (Phi) is 4.11. The van der Waals surface area contributed by atoms with Gasteiger partial charge in [0.25, 0.3) is 0 Å². The molecule has 1 aromatic rings. The van der Waals surface area contributed by atoms with Crippen molar-refractivity contribution in [2.45, 2.75) is 46.2 Å². The van der Waals surface area contributed by atoms with Crippen LogP contribution in [0.15, 0.2) is 18.2 Å². The van der Waals surface area contributed by atoms with Gasteiger partial charge in [-0.1, -0.05) is 23.8 Å². The van der Waals surface area contributed by atoms with Gasteiger partial charge in [-0.3, -0.25) is 0 Å². The molecule has 0 aromatic heterocycles. The van der Waals surface area contributed by atoms with Gasteiger partial charge in [0.2, 0.25) is 0 Å². The monoisotopic (exact) mass is 221 g/mol. The highest BCUT2D eigenvalue weighted by molar-refractivity contribution is 5.35. The Morgan fingerprint density at radius 2 is 1.94 bits per heavy atom. The third kappa shape index (κ3) is 2.83. The van der Waals surface area contributed by atoms with Crippen LogP contribution < -0.4 is 5.32 Å². The fourth-order valence-corrected chi connectivity index (χ4v) is 2.28. The zero-order valence-corrected chi connectivity index (χ0v) is 11.0. The Labute approximate surface area is 98.7 Å². The van der Waals surface area contributed by atoms with Gasteiger partial charge in [0, 0.05) is 6.04 Å². The summed E-state index contributed by atoms with van der Waals surface area (Å²) in [5.41, 5.74) is 3.30. The molecule has 0 amide bonds. The van der Waals surface area contributed by atoms with E-state index >= 15 is 0 Å². The molecule has 0 bridgehead atoms. The van der Waals surface area contributed by atoms with Gasteiger partial charge in [-0.25, -0.2) is 0 Å². The molecular weight excluding hydrogens is 198 g/mol. The van der Waals surface area contributed by atoms with E-state index in [1.807, 2.05) is 6.92 Å². The summed E-state index contributed by atoms with van der Waals surface area (Å²) in [5.74, 6) is 0. The molecule has 0 heterocycles. The molecule has 1 atom stereocenters. The third-order valence-corrected chi connectivity index (χ3v) is 2.90. The first kappa shape index (κ1) is 13.2. The normalized spacial score (nSPS) is 15.2. The van der Waals surface area contributed by atoms with Crippen molar-refractivity contribution >= 4 is 0 Å². The summed E-state index contributed by atoms with van der Waals surface area (Å²) in [6, 6.07) is 6.71. The largest absolute Gasteiger partial charge is 0.394 e. The summed E-state index contributed by atoms with van der Waals surface area (Å²) in [4.78, 5) is 0. The standard InChI is InChI=1S/C14H23NO/c1-10(2)15-14(5,9-16)13-7-6-11(3)8-12(13)4/h6-8,10,15-16H,9H2,1-5H3. The molecule has 0 saturated heterocycles. The van der Waals surface area contributed by atoms with Crippen LogP contribution in [-0.2, 0) is 5.54 Å². The summed E-state index contributed by atoms with van der Waals surface area (Å²) in [5, 5.41) is 13.1. The van der Waals surface area contributed by atoms with Crippen LogP contribution in [0.5, 0.6) is 0 Å². The zero-order chi connectivity index (χ0) is 12.3. The lowest BCUT2D eigenvalue weighted by atomic mass is 9.88. The molecule has 0 saturated carbocycles. The van der Waals surface area contributed by atoms with E-state index in [1.165, 1.54) is 16.7 Å². The van der Waals surface area contributed by atoms with Crippen molar-refractivity contribution in [3.63, 3.8) is 0 Å². The molecule has 0 spiro atoms. The van der Waals surface area contributed by atoms with Crippen molar-refractivity contribution in [2.24, 2.45) is 0 Å². The highest BCUT2D eigenvalue weighted by atomic mass is 16.3. The molecule has 0 aliphatic rings. The smallest absolute Gasteiger partial charge is 0.0652 e. The van der Waals surface area contributed by atoms with Crippen molar-refractivity contribution in [1.82, 2.24) is 5.32 Å². The van der Waals surface area contributed by atoms with Crippen molar-refractivity contribution < 1.29 is 5.11 Å². The molecular formula is C14H23NO. The number of aliphatic hydroxyl groups excluding tert-OH is 1. The first-order valence-corrected chi connectivity index (χ1v) is 5.85. The minimum atomic E-state index is -0.355. The lowest BCUT2D eigenvalue weighted by Crippen LogP contribution is -2.46. The first-order chi connectivity index (χ1) is 7.39. The number of hydrogen-bond donors (Lipinski definition) is 2. The fourth-order valence-electron chi connectivity index (χ4n) is 2.28. The van der Waals surface area contributed by atoms with E-state index in [2.05, 4.69) is 51.2 Å². The van der Waals surface area contributed by atoms with Crippen LogP contribution in [0.4, 0.5) is 0 Å². The third-order valence-electron chi connectivity index (χ3n) is 2.90. The molecule has 2 N–H and O–H groups in total. The van der Waals surface area contributed by atoms with E-state index < -0.39 is 0 Å². The van der Waals surface area contributed by atoms with Crippen molar-refractivity contribution in [1.29, 1.82) is 0 Å². The molecule has 1 unspecified atom stereocenters. The Balaban J connectivity index is 3.12. The van der Waals surface area contributed by atoms with E-state index in [1.54, 1.807) is 0 Å².